The van der Waals surface area contributed by atoms with Crippen molar-refractivity contribution in [3.63, 3.8) is 0 Å². The van der Waals surface area contributed by atoms with Crippen molar-refractivity contribution < 1.29 is 39.2 Å². The maximum absolute atomic E-state index is 14.2. The maximum Gasteiger partial charge on any atom is 0.302 e. The van der Waals surface area contributed by atoms with Gasteiger partial charge in [-0.3, -0.25) is 14.4 Å². The fraction of sp³-hybridized carbons (Fsp3) is 0.432. The summed E-state index contributed by atoms with van der Waals surface area (Å²) in [5, 5.41) is 36.9. The first kappa shape index (κ1) is 40.2. The van der Waals surface area contributed by atoms with Crippen LogP contribution in [-0.4, -0.2) is 68.7 Å². The number of aliphatic hydroxyl groups excluding tert-OH is 1. The van der Waals surface area contributed by atoms with Crippen LogP contribution in [0.15, 0.2) is 72.6 Å². The number of allylic oxidation sites excluding steroid dienone is 2. The lowest BCUT2D eigenvalue weighted by atomic mass is 9.89. The van der Waals surface area contributed by atoms with Crippen LogP contribution in [0.3, 0.4) is 0 Å². The van der Waals surface area contributed by atoms with Crippen molar-refractivity contribution in [3.8, 4) is 17.2 Å². The van der Waals surface area contributed by atoms with E-state index in [1.54, 1.807) is 13.0 Å². The molecule has 2 aromatic heterocycles. The third kappa shape index (κ3) is 9.30. The Kier molecular flexibility index (Phi) is 12.9. The predicted octanol–water partition coefficient (Wildman–Crippen LogP) is 6.90. The van der Waals surface area contributed by atoms with E-state index in [1.807, 2.05) is 29.1 Å². The predicted molar refractivity (Wildman–Crippen MR) is 215 cm³/mol. The summed E-state index contributed by atoms with van der Waals surface area (Å²) in [5.41, 5.74) is 5.70. The van der Waals surface area contributed by atoms with Gasteiger partial charge in [0.15, 0.2) is 11.5 Å². The number of rotatable bonds is 8. The van der Waals surface area contributed by atoms with Crippen LogP contribution in [0.2, 0.25) is 0 Å². The minimum Gasteiger partial charge on any atom is -0.504 e. The first-order valence-electron chi connectivity index (χ1n) is 19.6. The van der Waals surface area contributed by atoms with Gasteiger partial charge in [0, 0.05) is 74.8 Å². The number of hydrogen-bond donors (Lipinski definition) is 5. The number of hydrogen-bond acceptors (Lipinski definition) is 10. The number of phenolic OH excluding ortho intramolecular Hbond substituents is 2. The standard InChI is InChI=1S/C44H54N4O8/c1-5-29-7-10-36(56-28(3)51)20-35(52)21-40(33-18-41(53)44(54)42(19-33)55-4)47-24-37-32(26-49)9-11-39(38(37)25-47)48(15-13-27(2)50)43-17-30(12-14-46-43)6-8-31-22-45-23-34(31)16-29/h9,11-12,17-19,22-25,29,36,40,45-46,49,53-54H,5-8,10,13-16,20-21,26H2,1-4H3. The van der Waals surface area contributed by atoms with Gasteiger partial charge in [-0.1, -0.05) is 25.5 Å². The number of anilines is 1. The van der Waals surface area contributed by atoms with E-state index < -0.39 is 29.6 Å². The molecule has 12 nitrogen and oxygen atoms in total. The lowest BCUT2D eigenvalue weighted by Gasteiger charge is -2.31. The number of benzene rings is 2. The van der Waals surface area contributed by atoms with E-state index in [4.69, 9.17) is 9.47 Å². The van der Waals surface area contributed by atoms with E-state index in [0.29, 0.717) is 43.0 Å². The molecule has 2 aliphatic rings. The number of nitrogens with zero attached hydrogens (tertiary/aromatic N) is 2. The molecule has 0 radical (unpaired) electrons. The smallest absolute Gasteiger partial charge is 0.302 e. The molecule has 3 atom stereocenters. The van der Waals surface area contributed by atoms with E-state index in [-0.39, 0.29) is 36.8 Å². The Hall–Kier alpha value is -5.49. The Balaban J connectivity index is 1.51. The summed E-state index contributed by atoms with van der Waals surface area (Å²) in [7, 11) is 1.39. The average molecular weight is 767 g/mol. The normalized spacial score (nSPS) is 19.7. The number of aryl methyl sites for hydroxylation is 1. The largest absolute Gasteiger partial charge is 0.504 e. The van der Waals surface area contributed by atoms with E-state index in [2.05, 4.69) is 46.7 Å². The van der Waals surface area contributed by atoms with Gasteiger partial charge in [0.25, 0.3) is 0 Å². The highest BCUT2D eigenvalue weighted by Crippen LogP contribution is 2.42. The average Bonchev–Trinajstić information content (AvgIpc) is 3.82. The van der Waals surface area contributed by atoms with Crippen molar-refractivity contribution in [2.75, 3.05) is 25.1 Å². The number of carbonyl (C=O) groups is 3. The highest BCUT2D eigenvalue weighted by Gasteiger charge is 2.28. The van der Waals surface area contributed by atoms with Crippen molar-refractivity contribution >= 4 is 34.0 Å². The fourth-order valence-corrected chi connectivity index (χ4v) is 8.07. The molecule has 0 saturated heterocycles. The molecule has 2 aliphatic heterocycles. The van der Waals surface area contributed by atoms with Crippen LogP contribution < -0.4 is 15.0 Å². The Morgan fingerprint density at radius 1 is 0.982 bits per heavy atom. The Labute approximate surface area is 327 Å². The molecule has 56 heavy (non-hydrogen) atoms. The summed E-state index contributed by atoms with van der Waals surface area (Å²) in [6, 6.07) is 6.15. The van der Waals surface area contributed by atoms with E-state index in [1.165, 1.54) is 36.8 Å². The van der Waals surface area contributed by atoms with Crippen molar-refractivity contribution in [2.45, 2.75) is 97.3 Å². The number of ether oxygens (including phenoxy) is 2. The molecule has 2 aromatic carbocycles. The molecule has 0 spiro atoms. The number of carbonyl (C=O) groups excluding carboxylic acids is 3. The van der Waals surface area contributed by atoms with Crippen molar-refractivity contribution in [1.29, 1.82) is 0 Å². The molecule has 0 saturated carbocycles. The summed E-state index contributed by atoms with van der Waals surface area (Å²) in [6.45, 7) is 5.89. The van der Waals surface area contributed by atoms with Crippen LogP contribution in [0, 0.1) is 5.92 Å². The van der Waals surface area contributed by atoms with Gasteiger partial charge in [-0.2, -0.15) is 0 Å². The molecule has 0 fully saturated rings. The molecule has 4 bridgehead atoms. The molecule has 4 heterocycles. The zero-order valence-corrected chi connectivity index (χ0v) is 32.8. The van der Waals surface area contributed by atoms with Crippen LogP contribution in [0.4, 0.5) is 5.69 Å². The van der Waals surface area contributed by atoms with Gasteiger partial charge in [-0.25, -0.2) is 0 Å². The molecule has 3 unspecified atom stereocenters. The van der Waals surface area contributed by atoms with Gasteiger partial charge in [-0.15, -0.1) is 0 Å². The lowest BCUT2D eigenvalue weighted by molar-refractivity contribution is -0.148. The molecule has 0 amide bonds. The summed E-state index contributed by atoms with van der Waals surface area (Å²) >= 11 is 0. The molecule has 12 heteroatoms. The van der Waals surface area contributed by atoms with Gasteiger partial charge < -0.3 is 44.6 Å². The summed E-state index contributed by atoms with van der Waals surface area (Å²) in [6.07, 6.45) is 16.7. The number of aromatic amines is 1. The van der Waals surface area contributed by atoms with Crippen molar-refractivity contribution in [2.24, 2.45) is 5.92 Å². The van der Waals surface area contributed by atoms with Gasteiger partial charge in [-0.05, 0) is 97.0 Å². The minimum atomic E-state index is -0.690. The number of aromatic nitrogens is 2. The Morgan fingerprint density at radius 2 is 1.77 bits per heavy atom. The molecular weight excluding hydrogens is 713 g/mol. The monoisotopic (exact) mass is 766 g/mol. The second-order valence-electron chi connectivity index (χ2n) is 15.1. The summed E-state index contributed by atoms with van der Waals surface area (Å²) in [4.78, 5) is 44.3. The maximum atomic E-state index is 14.2. The van der Waals surface area contributed by atoms with Crippen LogP contribution in [0.1, 0.15) is 94.0 Å². The van der Waals surface area contributed by atoms with E-state index >= 15 is 0 Å². The third-order valence-electron chi connectivity index (χ3n) is 11.2. The molecule has 298 valence electrons. The number of Topliss-reactive ketones (excluding diaryl/α,β-unsaturated/α-hetero) is 2. The van der Waals surface area contributed by atoms with E-state index in [0.717, 1.165) is 54.4 Å². The van der Waals surface area contributed by atoms with Gasteiger partial charge in [0.05, 0.1) is 25.4 Å². The Bertz CT molecular complexity index is 2130. The minimum absolute atomic E-state index is 0.00477. The number of nitrogens with one attached hydrogen (secondary N) is 2. The van der Waals surface area contributed by atoms with Crippen LogP contribution >= 0.6 is 0 Å². The number of phenols is 2. The van der Waals surface area contributed by atoms with Crippen molar-refractivity contribution in [3.05, 3.63) is 94.9 Å². The highest BCUT2D eigenvalue weighted by molar-refractivity contribution is 5.97. The number of esters is 1. The molecule has 5 N–H and O–H groups in total. The second kappa shape index (κ2) is 18.0. The molecule has 4 aromatic rings. The lowest BCUT2D eigenvalue weighted by Crippen LogP contribution is -2.35. The van der Waals surface area contributed by atoms with Crippen LogP contribution in [-0.2, 0) is 38.6 Å². The fourth-order valence-electron chi connectivity index (χ4n) is 8.07. The zero-order valence-electron chi connectivity index (χ0n) is 32.8. The zero-order chi connectivity index (χ0) is 39.9. The number of methoxy groups -OCH3 is 1. The van der Waals surface area contributed by atoms with Crippen molar-refractivity contribution in [1.82, 2.24) is 14.9 Å². The molecular formula is C44H54N4O8. The number of ketones is 2. The third-order valence-corrected chi connectivity index (χ3v) is 11.2. The number of aromatic hydroxyl groups is 2. The van der Waals surface area contributed by atoms with Gasteiger partial charge >= 0.3 is 5.97 Å². The molecule has 6 rings (SSSR count). The quantitative estimate of drug-likeness (QED) is 0.0941. The SMILES string of the molecule is CCC1CCC(OC(C)=O)CC(=O)CC(c2cc(O)c(O)c(OC)c2)n2cc3c(CO)ccc(c3c2)N(CCC(C)=O)C2=CC(=CCN2)CCc2c[nH]cc2C1. The Morgan fingerprint density at radius 3 is 2.50 bits per heavy atom. The number of H-pyrrole nitrogens is 1. The van der Waals surface area contributed by atoms with Gasteiger partial charge in [0.1, 0.15) is 23.5 Å². The number of aliphatic hydroxyl groups is 1. The topological polar surface area (TPSA) is 166 Å². The first-order valence-corrected chi connectivity index (χ1v) is 19.6. The van der Waals surface area contributed by atoms with Gasteiger partial charge in [0.2, 0.25) is 5.75 Å². The molecule has 0 aliphatic carbocycles. The summed E-state index contributed by atoms with van der Waals surface area (Å²) in [5.74, 6) is -0.139. The number of dihydropyridines is 1. The van der Waals surface area contributed by atoms with Crippen LogP contribution in [0.5, 0.6) is 17.2 Å². The summed E-state index contributed by atoms with van der Waals surface area (Å²) < 4.78 is 13.0. The van der Waals surface area contributed by atoms with Crippen LogP contribution in [0.25, 0.3) is 10.8 Å². The number of fused-ring (bicyclic) bond motifs is 3. The highest BCUT2D eigenvalue weighted by atomic mass is 16.5. The van der Waals surface area contributed by atoms with E-state index in [9.17, 15) is 29.7 Å². The second-order valence-corrected chi connectivity index (χ2v) is 15.1. The first-order chi connectivity index (χ1) is 27.0.